The number of allylic oxidation sites excluding steroid dienone is 1. The van der Waals surface area contributed by atoms with Crippen LogP contribution < -0.4 is 0 Å². The third-order valence-electron chi connectivity index (χ3n) is 9.50. The van der Waals surface area contributed by atoms with Gasteiger partial charge in [0.05, 0.1) is 12.1 Å². The first kappa shape index (κ1) is 34.3. The molecular formula is C33H47F2N5O3S. The highest BCUT2D eigenvalue weighted by molar-refractivity contribution is 8.00. The summed E-state index contributed by atoms with van der Waals surface area (Å²) in [4.78, 5) is 36.8. The molecule has 1 aromatic rings. The number of amides is 2. The number of rotatable bonds is 6. The minimum Gasteiger partial charge on any atom is -0.390 e. The zero-order valence-corrected chi connectivity index (χ0v) is 27.3. The Morgan fingerprint density at radius 3 is 2.43 bits per heavy atom. The van der Waals surface area contributed by atoms with Crippen molar-refractivity contribution >= 4 is 29.9 Å². The van der Waals surface area contributed by atoms with E-state index >= 15 is 4.39 Å². The molecule has 3 saturated heterocycles. The molecule has 0 saturated carbocycles. The van der Waals surface area contributed by atoms with Gasteiger partial charge >= 0.3 is 0 Å². The van der Waals surface area contributed by atoms with E-state index in [2.05, 4.69) is 60.2 Å². The molecular weight excluding hydrogens is 584 g/mol. The molecule has 44 heavy (non-hydrogen) atoms. The standard InChI is InChI=1S/C28H36F2N4O2S.C5H11NO/c1-6-19-12-22(28(31-16-35)34-11-10-33(14-17(34)3)24(36)7-2)26-27(37-15-18(4)32(26)5)25(19)21-9-8-20(29)13-23(21)30;1-2-6-3-5(7)4-6/h7-9,12-13,16-19,25-27H,2,6,10-11,14-15H2,1,3-5H3;5,7H,2-4H2,1H3/t17-,18+,19?,25?,26?,27?;/m0./s1. The van der Waals surface area contributed by atoms with E-state index in [9.17, 15) is 14.0 Å². The number of aliphatic imine (C=N–C) groups is 1. The van der Waals surface area contributed by atoms with Crippen LogP contribution >= 0.6 is 11.8 Å². The number of benzene rings is 1. The van der Waals surface area contributed by atoms with Crippen LogP contribution in [0, 0.1) is 17.6 Å². The van der Waals surface area contributed by atoms with Crippen molar-refractivity contribution in [3.8, 4) is 0 Å². The van der Waals surface area contributed by atoms with E-state index in [0.717, 1.165) is 43.4 Å². The number of carbonyl (C=O) groups is 2. The maximum atomic E-state index is 15.1. The van der Waals surface area contributed by atoms with Crippen LogP contribution in [0.1, 0.15) is 45.6 Å². The fourth-order valence-corrected chi connectivity index (χ4v) is 8.68. The number of carbonyl (C=O) groups excluding carboxylic acids is 2. The van der Waals surface area contributed by atoms with Gasteiger partial charge in [-0.1, -0.05) is 32.6 Å². The fourth-order valence-electron chi connectivity index (χ4n) is 6.86. The molecule has 3 aliphatic heterocycles. The summed E-state index contributed by atoms with van der Waals surface area (Å²) < 4.78 is 28.9. The molecule has 4 unspecified atom stereocenters. The highest BCUT2D eigenvalue weighted by Gasteiger charge is 2.48. The molecule has 242 valence electrons. The number of thioether (sulfide) groups is 1. The molecule has 0 aromatic heterocycles. The average molecular weight is 632 g/mol. The number of aliphatic hydroxyl groups excluding tert-OH is 1. The number of hydrogen-bond donors (Lipinski definition) is 1. The summed E-state index contributed by atoms with van der Waals surface area (Å²) >= 11 is 1.82. The van der Waals surface area contributed by atoms with Crippen LogP contribution in [0.3, 0.4) is 0 Å². The van der Waals surface area contributed by atoms with E-state index in [1.807, 2.05) is 18.7 Å². The lowest BCUT2D eigenvalue weighted by Gasteiger charge is -2.52. The van der Waals surface area contributed by atoms with Crippen molar-refractivity contribution in [1.29, 1.82) is 0 Å². The van der Waals surface area contributed by atoms with Gasteiger partial charge in [-0.2, -0.15) is 16.8 Å². The number of fused-ring (bicyclic) bond motifs is 1. The number of β-amino-alcohol motifs (C(OH)–C–C–N with tert-alkyl or cyclic N) is 1. The van der Waals surface area contributed by atoms with Gasteiger partial charge in [0.25, 0.3) is 0 Å². The Labute approximate surface area is 264 Å². The molecule has 8 nitrogen and oxygen atoms in total. The van der Waals surface area contributed by atoms with Gasteiger partial charge in [-0.15, -0.1) is 0 Å². The molecule has 5 rings (SSSR count). The first-order valence-corrected chi connectivity index (χ1v) is 16.7. The number of hydrogen-bond acceptors (Lipinski definition) is 6. The summed E-state index contributed by atoms with van der Waals surface area (Å²) in [6.07, 6.45) is 4.82. The van der Waals surface area contributed by atoms with Gasteiger partial charge in [0, 0.05) is 73.4 Å². The Balaban J connectivity index is 0.000000555. The van der Waals surface area contributed by atoms with Crippen LogP contribution in [0.4, 0.5) is 8.78 Å². The van der Waals surface area contributed by atoms with Crippen LogP contribution in [0.5, 0.6) is 0 Å². The molecule has 1 aromatic carbocycles. The SMILES string of the molecule is C=CC(=O)N1CCN(C(=NC=O)C2=CC(CC)C(c3ccc(F)cc3F)C3SC[C@@H](C)N(C)C23)[C@@H](C)C1.CCN1CC(O)C1. The van der Waals surface area contributed by atoms with E-state index in [-0.39, 0.29) is 47.2 Å². The fraction of sp³-hybridized carbons (Fsp3) is 0.606. The maximum absolute atomic E-state index is 15.1. The zero-order valence-electron chi connectivity index (χ0n) is 26.5. The van der Waals surface area contributed by atoms with Gasteiger partial charge < -0.3 is 14.9 Å². The summed E-state index contributed by atoms with van der Waals surface area (Å²) in [7, 11) is 2.07. The van der Waals surface area contributed by atoms with Gasteiger partial charge in [0.1, 0.15) is 17.5 Å². The average Bonchev–Trinajstić information content (AvgIpc) is 2.99. The summed E-state index contributed by atoms with van der Waals surface area (Å²) in [5.41, 5.74) is 1.51. The topological polar surface area (TPSA) is 79.7 Å². The minimum absolute atomic E-state index is 0.00176. The lowest BCUT2D eigenvalue weighted by atomic mass is 9.71. The molecule has 3 fully saturated rings. The first-order chi connectivity index (χ1) is 21.0. The molecule has 2 amide bonds. The van der Waals surface area contributed by atoms with Gasteiger partial charge in [0.2, 0.25) is 12.3 Å². The number of likely N-dealkylation sites (N-methyl/N-ethyl adjacent to an activating group) is 2. The molecule has 4 aliphatic rings. The van der Waals surface area contributed by atoms with Gasteiger partial charge in [0.15, 0.2) is 0 Å². The van der Waals surface area contributed by atoms with Crippen LogP contribution in [-0.4, -0.2) is 124 Å². The zero-order chi connectivity index (χ0) is 32.1. The monoisotopic (exact) mass is 631 g/mol. The van der Waals surface area contributed by atoms with E-state index < -0.39 is 11.6 Å². The molecule has 3 heterocycles. The predicted molar refractivity (Wildman–Crippen MR) is 173 cm³/mol. The summed E-state index contributed by atoms with van der Waals surface area (Å²) in [6, 6.07) is 4.01. The molecule has 0 spiro atoms. The maximum Gasteiger partial charge on any atom is 0.246 e. The Bertz CT molecular complexity index is 1260. The molecule has 1 N–H and O–H groups in total. The number of amidine groups is 1. The number of halogens is 2. The molecule has 11 heteroatoms. The second-order valence-corrected chi connectivity index (χ2v) is 13.4. The first-order valence-electron chi connectivity index (χ1n) is 15.6. The quantitative estimate of drug-likeness (QED) is 0.222. The van der Waals surface area contributed by atoms with Crippen molar-refractivity contribution in [2.24, 2.45) is 10.9 Å². The van der Waals surface area contributed by atoms with Crippen molar-refractivity contribution in [2.75, 3.05) is 52.1 Å². The predicted octanol–water partition coefficient (Wildman–Crippen LogP) is 3.78. The molecule has 0 bridgehead atoms. The van der Waals surface area contributed by atoms with Crippen molar-refractivity contribution in [1.82, 2.24) is 19.6 Å². The number of likely N-dealkylation sites (tertiary alicyclic amines) is 1. The van der Waals surface area contributed by atoms with Crippen molar-refractivity contribution < 1.29 is 23.5 Å². The number of piperazine rings is 1. The van der Waals surface area contributed by atoms with Crippen LogP contribution in [-0.2, 0) is 9.59 Å². The van der Waals surface area contributed by atoms with Crippen LogP contribution in [0.15, 0.2) is 47.5 Å². The Morgan fingerprint density at radius 2 is 1.89 bits per heavy atom. The van der Waals surface area contributed by atoms with Crippen LogP contribution in [0.2, 0.25) is 0 Å². The third kappa shape index (κ3) is 7.27. The van der Waals surface area contributed by atoms with Crippen molar-refractivity contribution in [2.45, 2.75) is 69.5 Å². The van der Waals surface area contributed by atoms with Gasteiger partial charge in [-0.3, -0.25) is 19.4 Å². The highest BCUT2D eigenvalue weighted by atomic mass is 32.2. The summed E-state index contributed by atoms with van der Waals surface area (Å²) in [6.45, 7) is 16.4. The van der Waals surface area contributed by atoms with E-state index in [1.165, 1.54) is 12.1 Å². The van der Waals surface area contributed by atoms with E-state index in [4.69, 9.17) is 5.11 Å². The second kappa shape index (κ2) is 15.1. The summed E-state index contributed by atoms with van der Waals surface area (Å²) in [5, 5.41) is 8.71. The lowest BCUT2D eigenvalue weighted by molar-refractivity contribution is -0.128. The summed E-state index contributed by atoms with van der Waals surface area (Å²) in [5.74, 6) is 0.158. The Hall–Kier alpha value is -2.60. The van der Waals surface area contributed by atoms with Crippen molar-refractivity contribution in [3.63, 3.8) is 0 Å². The van der Waals surface area contributed by atoms with Gasteiger partial charge in [-0.25, -0.2) is 8.78 Å². The van der Waals surface area contributed by atoms with Crippen LogP contribution in [0.25, 0.3) is 0 Å². The molecule has 1 aliphatic carbocycles. The second-order valence-electron chi connectivity index (χ2n) is 12.2. The lowest BCUT2D eigenvalue weighted by Crippen LogP contribution is -2.60. The smallest absolute Gasteiger partial charge is 0.246 e. The highest BCUT2D eigenvalue weighted by Crippen LogP contribution is 2.49. The third-order valence-corrected chi connectivity index (χ3v) is 11.1. The minimum atomic E-state index is -0.580. The van der Waals surface area contributed by atoms with E-state index in [0.29, 0.717) is 37.4 Å². The van der Waals surface area contributed by atoms with Crippen molar-refractivity contribution in [3.05, 3.63) is 59.7 Å². The van der Waals surface area contributed by atoms with Gasteiger partial charge in [-0.05, 0) is 57.5 Å². The number of aliphatic hydroxyl groups is 1. The molecule has 6 atom stereocenters. The largest absolute Gasteiger partial charge is 0.390 e. The number of nitrogens with zero attached hydrogens (tertiary/aromatic N) is 5. The van der Waals surface area contributed by atoms with E-state index in [1.54, 1.807) is 11.0 Å². The Morgan fingerprint density at radius 1 is 1.16 bits per heavy atom. The normalized spacial score (nSPS) is 30.0. The molecule has 0 radical (unpaired) electrons. The Kier molecular flexibility index (Phi) is 11.8.